The first-order valence-corrected chi connectivity index (χ1v) is 8.86. The maximum atomic E-state index is 13.0. The van der Waals surface area contributed by atoms with E-state index in [0.717, 1.165) is 12.1 Å². The first kappa shape index (κ1) is 17.7. The zero-order valence-corrected chi connectivity index (χ0v) is 14.5. The van der Waals surface area contributed by atoms with Gasteiger partial charge < -0.3 is 19.8 Å². The maximum absolute atomic E-state index is 13.0. The smallest absolute Gasteiger partial charge is 0.370 e. The summed E-state index contributed by atoms with van der Waals surface area (Å²) in [6.07, 6.45) is -3.52. The van der Waals surface area contributed by atoms with Gasteiger partial charge in [-0.05, 0) is 22.6 Å². The van der Waals surface area contributed by atoms with Gasteiger partial charge in [-0.3, -0.25) is 0 Å². The predicted molar refractivity (Wildman–Crippen MR) is 92.1 cm³/mol. The van der Waals surface area contributed by atoms with Crippen molar-refractivity contribution in [3.63, 3.8) is 0 Å². The molecule has 0 unspecified atom stereocenters. The van der Waals surface area contributed by atoms with Crippen LogP contribution in [0.2, 0.25) is 0 Å². The number of thiazole rings is 1. The topological polar surface area (TPSA) is 72.9 Å². The Balaban J connectivity index is 1.65. The van der Waals surface area contributed by atoms with Crippen molar-refractivity contribution in [1.82, 2.24) is 9.38 Å². The summed E-state index contributed by atoms with van der Waals surface area (Å²) in [6, 6.07) is 4.94. The van der Waals surface area contributed by atoms with Crippen LogP contribution in [-0.2, 0) is 10.9 Å². The standard InChI is InChI=1S/C16H13F3N4O3S/c17-16(18,19)11-3-1-2-10(8-11)12-9-21(4-6-26-12)13-14(23(24)25)22-5-7-27-15(22)20-13/h1-3,5,7-8,12H,4,6,9H2/t12-/m0/s1. The molecule has 0 N–H and O–H groups in total. The van der Waals surface area contributed by atoms with E-state index in [1.165, 1.54) is 21.8 Å². The molecule has 2 aromatic heterocycles. The van der Waals surface area contributed by atoms with E-state index in [-0.39, 0.29) is 24.8 Å². The van der Waals surface area contributed by atoms with Crippen molar-refractivity contribution in [3.05, 3.63) is 57.1 Å². The van der Waals surface area contributed by atoms with Gasteiger partial charge in [0, 0.05) is 11.9 Å². The van der Waals surface area contributed by atoms with Crippen LogP contribution in [0.1, 0.15) is 17.2 Å². The fraction of sp³-hybridized carbons (Fsp3) is 0.312. The number of alkyl halides is 3. The molecule has 1 atom stereocenters. The van der Waals surface area contributed by atoms with Gasteiger partial charge in [-0.25, -0.2) is 0 Å². The summed E-state index contributed by atoms with van der Waals surface area (Å²) in [5, 5.41) is 13.2. The molecule has 0 amide bonds. The van der Waals surface area contributed by atoms with Gasteiger partial charge in [-0.1, -0.05) is 23.5 Å². The first-order valence-electron chi connectivity index (χ1n) is 7.98. The van der Waals surface area contributed by atoms with Crippen molar-refractivity contribution in [1.29, 1.82) is 0 Å². The number of fused-ring (bicyclic) bond motifs is 1. The largest absolute Gasteiger partial charge is 0.416 e. The molecule has 0 spiro atoms. The molecular weight excluding hydrogens is 385 g/mol. The van der Waals surface area contributed by atoms with Crippen molar-refractivity contribution in [2.75, 3.05) is 24.6 Å². The molecule has 1 aliphatic heterocycles. The van der Waals surface area contributed by atoms with Gasteiger partial charge in [-0.2, -0.15) is 22.6 Å². The van der Waals surface area contributed by atoms with E-state index < -0.39 is 22.8 Å². The number of anilines is 1. The molecule has 1 aromatic carbocycles. The molecule has 3 heterocycles. The Morgan fingerprint density at radius 1 is 1.37 bits per heavy atom. The second kappa shape index (κ2) is 6.50. The maximum Gasteiger partial charge on any atom is 0.416 e. The third kappa shape index (κ3) is 3.23. The summed E-state index contributed by atoms with van der Waals surface area (Å²) in [6.45, 7) is 0.761. The number of halogens is 3. The Morgan fingerprint density at radius 2 is 2.19 bits per heavy atom. The molecule has 142 valence electrons. The Kier molecular flexibility index (Phi) is 4.27. The van der Waals surface area contributed by atoms with Crippen LogP contribution in [-0.4, -0.2) is 34.0 Å². The van der Waals surface area contributed by atoms with E-state index in [0.29, 0.717) is 17.1 Å². The zero-order valence-electron chi connectivity index (χ0n) is 13.7. The Bertz CT molecular complexity index is 1000. The molecule has 0 radical (unpaired) electrons. The van der Waals surface area contributed by atoms with Gasteiger partial charge in [0.2, 0.25) is 5.82 Å². The molecule has 1 fully saturated rings. The minimum absolute atomic E-state index is 0.157. The minimum Gasteiger partial charge on any atom is -0.370 e. The van der Waals surface area contributed by atoms with E-state index in [1.54, 1.807) is 22.5 Å². The number of hydrogen-bond donors (Lipinski definition) is 0. The second-order valence-corrected chi connectivity index (χ2v) is 6.87. The van der Waals surface area contributed by atoms with E-state index in [1.807, 2.05) is 0 Å². The third-order valence-electron chi connectivity index (χ3n) is 4.34. The van der Waals surface area contributed by atoms with Crippen molar-refractivity contribution >= 4 is 27.9 Å². The molecule has 1 aliphatic rings. The number of hydrogen-bond acceptors (Lipinski definition) is 6. The number of benzene rings is 1. The number of nitrogens with zero attached hydrogens (tertiary/aromatic N) is 4. The fourth-order valence-electron chi connectivity index (χ4n) is 3.10. The van der Waals surface area contributed by atoms with Crippen LogP contribution in [0.4, 0.5) is 24.8 Å². The van der Waals surface area contributed by atoms with Gasteiger partial charge in [0.25, 0.3) is 4.96 Å². The average Bonchev–Trinajstić information content (AvgIpc) is 3.22. The highest BCUT2D eigenvalue weighted by Gasteiger charge is 2.34. The first-order chi connectivity index (χ1) is 12.8. The summed E-state index contributed by atoms with van der Waals surface area (Å²) >= 11 is 1.27. The van der Waals surface area contributed by atoms with Gasteiger partial charge in [0.15, 0.2) is 0 Å². The van der Waals surface area contributed by atoms with Crippen LogP contribution in [0, 0.1) is 10.1 Å². The highest BCUT2D eigenvalue weighted by atomic mass is 32.1. The lowest BCUT2D eigenvalue weighted by molar-refractivity contribution is -0.389. The van der Waals surface area contributed by atoms with Crippen LogP contribution < -0.4 is 4.90 Å². The Hall–Kier alpha value is -2.66. The lowest BCUT2D eigenvalue weighted by Gasteiger charge is -2.33. The molecule has 27 heavy (non-hydrogen) atoms. The van der Waals surface area contributed by atoms with Crippen LogP contribution >= 0.6 is 11.3 Å². The van der Waals surface area contributed by atoms with Crippen LogP contribution in [0.3, 0.4) is 0 Å². The number of nitro groups is 1. The van der Waals surface area contributed by atoms with E-state index >= 15 is 0 Å². The van der Waals surface area contributed by atoms with Gasteiger partial charge in [0.1, 0.15) is 12.3 Å². The lowest BCUT2D eigenvalue weighted by atomic mass is 10.0. The van der Waals surface area contributed by atoms with Gasteiger partial charge in [-0.15, -0.1) is 0 Å². The second-order valence-electron chi connectivity index (χ2n) is 6.00. The van der Waals surface area contributed by atoms with E-state index in [4.69, 9.17) is 4.74 Å². The Morgan fingerprint density at radius 3 is 2.93 bits per heavy atom. The summed E-state index contributed by atoms with van der Waals surface area (Å²) in [5.74, 6) is 0.0445. The molecular formula is C16H13F3N4O3S. The van der Waals surface area contributed by atoms with Gasteiger partial charge in [0.05, 0.1) is 18.7 Å². The fourth-order valence-corrected chi connectivity index (χ4v) is 3.81. The molecule has 0 saturated carbocycles. The quantitative estimate of drug-likeness (QED) is 0.494. The van der Waals surface area contributed by atoms with Crippen molar-refractivity contribution < 1.29 is 22.8 Å². The molecule has 4 rings (SSSR count). The number of imidazole rings is 1. The predicted octanol–water partition coefficient (Wildman–Crippen LogP) is 3.90. The summed E-state index contributed by atoms with van der Waals surface area (Å²) in [4.78, 5) is 17.5. The SMILES string of the molecule is O=[N+]([O-])c1c(N2CCO[C@H](c3cccc(C(F)(F)F)c3)C2)nc2sccn12. The third-order valence-corrected chi connectivity index (χ3v) is 5.10. The lowest BCUT2D eigenvalue weighted by Crippen LogP contribution is -2.39. The zero-order chi connectivity index (χ0) is 19.2. The normalized spacial score (nSPS) is 18.2. The molecule has 0 aliphatic carbocycles. The monoisotopic (exact) mass is 398 g/mol. The highest BCUT2D eigenvalue weighted by molar-refractivity contribution is 7.15. The van der Waals surface area contributed by atoms with Crippen molar-refractivity contribution in [3.8, 4) is 0 Å². The van der Waals surface area contributed by atoms with E-state index in [9.17, 15) is 23.3 Å². The molecule has 0 bridgehead atoms. The number of rotatable bonds is 3. The molecule has 1 saturated heterocycles. The number of ether oxygens (including phenoxy) is 1. The average molecular weight is 398 g/mol. The molecule has 7 nitrogen and oxygen atoms in total. The molecule has 11 heteroatoms. The minimum atomic E-state index is -4.45. The number of morpholine rings is 1. The van der Waals surface area contributed by atoms with Crippen molar-refractivity contribution in [2.45, 2.75) is 12.3 Å². The Labute approximate surface area is 154 Å². The summed E-state index contributed by atoms with van der Waals surface area (Å²) in [7, 11) is 0. The van der Waals surface area contributed by atoms with E-state index in [2.05, 4.69) is 4.98 Å². The summed E-state index contributed by atoms with van der Waals surface area (Å²) in [5.41, 5.74) is -0.382. The van der Waals surface area contributed by atoms with Crippen LogP contribution in [0.25, 0.3) is 4.96 Å². The summed E-state index contributed by atoms with van der Waals surface area (Å²) < 4.78 is 45.9. The van der Waals surface area contributed by atoms with Crippen LogP contribution in [0.15, 0.2) is 35.8 Å². The molecule has 3 aromatic rings. The van der Waals surface area contributed by atoms with Crippen molar-refractivity contribution in [2.24, 2.45) is 0 Å². The van der Waals surface area contributed by atoms with Crippen LogP contribution in [0.5, 0.6) is 0 Å². The van der Waals surface area contributed by atoms with Gasteiger partial charge >= 0.3 is 12.0 Å². The number of aromatic nitrogens is 2. The highest BCUT2D eigenvalue weighted by Crippen LogP contribution is 2.36.